The largest absolute Gasteiger partial charge is 0.370 e. The number of hydrogen-bond acceptors (Lipinski definition) is 3. The van der Waals surface area contributed by atoms with E-state index < -0.39 is 0 Å². The Kier molecular flexibility index (Phi) is 4.61. The van der Waals surface area contributed by atoms with Gasteiger partial charge in [-0.05, 0) is 23.3 Å². The fourth-order valence-corrected chi connectivity index (χ4v) is 2.73. The number of aldehydes is 1. The maximum absolute atomic E-state index is 13.0. The predicted octanol–water partition coefficient (Wildman–Crippen LogP) is 2.97. The molecule has 3 rings (SSSR count). The summed E-state index contributed by atoms with van der Waals surface area (Å²) in [7, 11) is 0. The first kappa shape index (κ1) is 14.9. The second kappa shape index (κ2) is 6.81. The number of benzene rings is 2. The summed E-state index contributed by atoms with van der Waals surface area (Å²) in [5.74, 6) is -0.258. The highest BCUT2D eigenvalue weighted by atomic mass is 19.1. The molecule has 1 heterocycles. The van der Waals surface area contributed by atoms with Crippen LogP contribution in [0.3, 0.4) is 0 Å². The van der Waals surface area contributed by atoms with Crippen LogP contribution in [-0.2, 0) is 16.1 Å². The standard InChI is InChI=1S/C18H18FNO2/c19-16-8-6-15(7-9-16)18-11-20(17(12-21)13-22-18)10-14-4-2-1-3-5-14/h1-9,12,17-18H,10-11,13H2. The van der Waals surface area contributed by atoms with E-state index in [1.165, 1.54) is 12.1 Å². The van der Waals surface area contributed by atoms with Crippen LogP contribution < -0.4 is 0 Å². The molecule has 1 saturated heterocycles. The second-order valence-electron chi connectivity index (χ2n) is 5.49. The number of carbonyl (C=O) groups excluding carboxylic acids is 1. The number of morpholine rings is 1. The van der Waals surface area contributed by atoms with Crippen LogP contribution in [0.15, 0.2) is 54.6 Å². The summed E-state index contributed by atoms with van der Waals surface area (Å²) in [4.78, 5) is 13.4. The maximum atomic E-state index is 13.0. The molecule has 3 nitrogen and oxygen atoms in total. The lowest BCUT2D eigenvalue weighted by Gasteiger charge is -2.37. The minimum absolute atomic E-state index is 0.138. The smallest absolute Gasteiger partial charge is 0.139 e. The number of carbonyl (C=O) groups is 1. The Labute approximate surface area is 129 Å². The molecule has 2 atom stereocenters. The summed E-state index contributed by atoms with van der Waals surface area (Å²) >= 11 is 0. The molecule has 2 aromatic carbocycles. The Morgan fingerprint density at radius 3 is 2.55 bits per heavy atom. The van der Waals surface area contributed by atoms with Crippen molar-refractivity contribution in [1.29, 1.82) is 0 Å². The molecule has 1 aliphatic heterocycles. The number of hydrogen-bond donors (Lipinski definition) is 0. The molecule has 0 bridgehead atoms. The Morgan fingerprint density at radius 1 is 1.14 bits per heavy atom. The Bertz CT molecular complexity index is 615. The minimum atomic E-state index is -0.258. The zero-order chi connectivity index (χ0) is 15.4. The highest BCUT2D eigenvalue weighted by Gasteiger charge is 2.29. The summed E-state index contributed by atoms with van der Waals surface area (Å²) in [6, 6.07) is 16.2. The molecule has 0 spiro atoms. The lowest BCUT2D eigenvalue weighted by atomic mass is 10.0. The summed E-state index contributed by atoms with van der Waals surface area (Å²) in [6.07, 6.45) is 0.796. The van der Waals surface area contributed by atoms with Crippen molar-refractivity contribution >= 4 is 6.29 Å². The Hall–Kier alpha value is -2.04. The minimum Gasteiger partial charge on any atom is -0.370 e. The molecule has 0 N–H and O–H groups in total. The van der Waals surface area contributed by atoms with Gasteiger partial charge in [0.1, 0.15) is 12.1 Å². The molecule has 0 amide bonds. The van der Waals surface area contributed by atoms with Gasteiger partial charge in [0, 0.05) is 13.1 Å². The SMILES string of the molecule is O=CC1COC(c2ccc(F)cc2)CN1Cc1ccccc1. The van der Waals surface area contributed by atoms with Crippen LogP contribution in [0.4, 0.5) is 4.39 Å². The number of rotatable bonds is 4. The van der Waals surface area contributed by atoms with Crippen molar-refractivity contribution in [2.24, 2.45) is 0 Å². The summed E-state index contributed by atoms with van der Waals surface area (Å²) < 4.78 is 18.8. The van der Waals surface area contributed by atoms with E-state index in [0.29, 0.717) is 19.7 Å². The van der Waals surface area contributed by atoms with Gasteiger partial charge in [0.05, 0.1) is 18.8 Å². The third-order valence-electron chi connectivity index (χ3n) is 3.96. The van der Waals surface area contributed by atoms with Gasteiger partial charge in [-0.1, -0.05) is 42.5 Å². The van der Waals surface area contributed by atoms with Gasteiger partial charge in [0.25, 0.3) is 0 Å². The van der Waals surface area contributed by atoms with E-state index in [-0.39, 0.29) is 18.0 Å². The van der Waals surface area contributed by atoms with Crippen LogP contribution in [0, 0.1) is 5.82 Å². The highest BCUT2D eigenvalue weighted by Crippen LogP contribution is 2.25. The molecule has 114 valence electrons. The average molecular weight is 299 g/mol. The molecular formula is C18H18FNO2. The van der Waals surface area contributed by atoms with E-state index in [9.17, 15) is 9.18 Å². The summed E-state index contributed by atoms with van der Waals surface area (Å²) in [6.45, 7) is 1.67. The monoisotopic (exact) mass is 299 g/mol. The fraction of sp³-hybridized carbons (Fsp3) is 0.278. The molecule has 2 unspecified atom stereocenters. The van der Waals surface area contributed by atoms with E-state index in [2.05, 4.69) is 4.90 Å². The third-order valence-corrected chi connectivity index (χ3v) is 3.96. The third kappa shape index (κ3) is 3.40. The molecular weight excluding hydrogens is 281 g/mol. The highest BCUT2D eigenvalue weighted by molar-refractivity contribution is 5.58. The topological polar surface area (TPSA) is 29.5 Å². The molecule has 22 heavy (non-hydrogen) atoms. The van der Waals surface area contributed by atoms with Crippen molar-refractivity contribution in [3.8, 4) is 0 Å². The molecule has 0 radical (unpaired) electrons. The van der Waals surface area contributed by atoms with Crippen molar-refractivity contribution in [1.82, 2.24) is 4.90 Å². The van der Waals surface area contributed by atoms with Crippen LogP contribution in [0.2, 0.25) is 0 Å². The van der Waals surface area contributed by atoms with E-state index in [1.807, 2.05) is 30.3 Å². The van der Waals surface area contributed by atoms with Crippen molar-refractivity contribution in [2.75, 3.05) is 13.2 Å². The zero-order valence-corrected chi connectivity index (χ0v) is 12.2. The first-order valence-corrected chi connectivity index (χ1v) is 7.36. The fourth-order valence-electron chi connectivity index (χ4n) is 2.73. The van der Waals surface area contributed by atoms with Gasteiger partial charge in [0.2, 0.25) is 0 Å². The predicted molar refractivity (Wildman–Crippen MR) is 81.8 cm³/mol. The molecule has 0 aromatic heterocycles. The molecule has 0 saturated carbocycles. The molecule has 4 heteroatoms. The van der Waals surface area contributed by atoms with Crippen molar-refractivity contribution < 1.29 is 13.9 Å². The normalized spacial score (nSPS) is 22.4. The van der Waals surface area contributed by atoms with Crippen molar-refractivity contribution in [2.45, 2.75) is 18.7 Å². The van der Waals surface area contributed by atoms with E-state index in [0.717, 1.165) is 17.4 Å². The van der Waals surface area contributed by atoms with Gasteiger partial charge in [0.15, 0.2) is 0 Å². The second-order valence-corrected chi connectivity index (χ2v) is 5.49. The first-order chi connectivity index (χ1) is 10.8. The summed E-state index contributed by atoms with van der Waals surface area (Å²) in [5.41, 5.74) is 2.10. The lowest BCUT2D eigenvalue weighted by molar-refractivity contribution is -0.124. The van der Waals surface area contributed by atoms with Crippen LogP contribution in [0.25, 0.3) is 0 Å². The van der Waals surface area contributed by atoms with Gasteiger partial charge in [-0.3, -0.25) is 4.90 Å². The molecule has 2 aromatic rings. The quantitative estimate of drug-likeness (QED) is 0.813. The first-order valence-electron chi connectivity index (χ1n) is 7.36. The number of ether oxygens (including phenoxy) is 1. The van der Waals surface area contributed by atoms with Gasteiger partial charge < -0.3 is 9.53 Å². The lowest BCUT2D eigenvalue weighted by Crippen LogP contribution is -2.47. The van der Waals surface area contributed by atoms with Crippen molar-refractivity contribution in [3.63, 3.8) is 0 Å². The zero-order valence-electron chi connectivity index (χ0n) is 12.2. The van der Waals surface area contributed by atoms with Gasteiger partial charge in [-0.15, -0.1) is 0 Å². The Balaban J connectivity index is 1.74. The molecule has 1 fully saturated rings. The van der Waals surface area contributed by atoms with Crippen LogP contribution >= 0.6 is 0 Å². The van der Waals surface area contributed by atoms with Gasteiger partial charge in [-0.25, -0.2) is 4.39 Å². The van der Waals surface area contributed by atoms with Gasteiger partial charge in [-0.2, -0.15) is 0 Å². The van der Waals surface area contributed by atoms with Gasteiger partial charge >= 0.3 is 0 Å². The number of halogens is 1. The molecule has 0 aliphatic carbocycles. The van der Waals surface area contributed by atoms with Crippen LogP contribution in [0.5, 0.6) is 0 Å². The van der Waals surface area contributed by atoms with Crippen LogP contribution in [-0.4, -0.2) is 30.4 Å². The Morgan fingerprint density at radius 2 is 1.86 bits per heavy atom. The average Bonchev–Trinajstić information content (AvgIpc) is 2.56. The number of nitrogens with zero attached hydrogens (tertiary/aromatic N) is 1. The maximum Gasteiger partial charge on any atom is 0.139 e. The molecule has 1 aliphatic rings. The van der Waals surface area contributed by atoms with Crippen LogP contribution in [0.1, 0.15) is 17.2 Å². The van der Waals surface area contributed by atoms with E-state index >= 15 is 0 Å². The summed E-state index contributed by atoms with van der Waals surface area (Å²) in [5, 5.41) is 0. The van der Waals surface area contributed by atoms with Crippen molar-refractivity contribution in [3.05, 3.63) is 71.5 Å². The van der Waals surface area contributed by atoms with E-state index in [4.69, 9.17) is 4.74 Å². The van der Waals surface area contributed by atoms with E-state index in [1.54, 1.807) is 12.1 Å².